The van der Waals surface area contributed by atoms with Crippen molar-refractivity contribution in [2.75, 3.05) is 13.1 Å². The second-order valence-electron chi connectivity index (χ2n) is 5.08. The van der Waals surface area contributed by atoms with Crippen molar-refractivity contribution in [1.29, 1.82) is 0 Å². The van der Waals surface area contributed by atoms with Gasteiger partial charge in [0, 0.05) is 19.5 Å². The van der Waals surface area contributed by atoms with Crippen molar-refractivity contribution in [2.24, 2.45) is 0 Å². The van der Waals surface area contributed by atoms with Crippen LogP contribution in [0.2, 0.25) is 0 Å². The van der Waals surface area contributed by atoms with Crippen molar-refractivity contribution in [3.8, 4) is 0 Å². The molecule has 1 aliphatic heterocycles. The Balaban J connectivity index is 2.10. The van der Waals surface area contributed by atoms with Gasteiger partial charge < -0.3 is 4.90 Å². The highest BCUT2D eigenvalue weighted by Gasteiger charge is 2.29. The number of hydrogen-bond donors (Lipinski definition) is 1. The number of rotatable bonds is 5. The minimum Gasteiger partial charge on any atom is -0.341 e. The van der Waals surface area contributed by atoms with E-state index >= 15 is 0 Å². The lowest BCUT2D eigenvalue weighted by atomic mass is 10.0. The lowest BCUT2D eigenvalue weighted by Crippen LogP contribution is -2.49. The van der Waals surface area contributed by atoms with Gasteiger partial charge in [0.2, 0.25) is 12.3 Å². The van der Waals surface area contributed by atoms with Gasteiger partial charge in [-0.05, 0) is 24.8 Å². The number of benzene rings is 1. The average molecular weight is 276 g/mol. The zero-order valence-corrected chi connectivity index (χ0v) is 11.4. The highest BCUT2D eigenvalue weighted by molar-refractivity contribution is 5.83. The molecule has 20 heavy (non-hydrogen) atoms. The largest absolute Gasteiger partial charge is 0.341 e. The van der Waals surface area contributed by atoms with Gasteiger partial charge in [0.25, 0.3) is 0 Å². The summed E-state index contributed by atoms with van der Waals surface area (Å²) in [7, 11) is 0. The third-order valence-electron chi connectivity index (χ3n) is 3.65. The fourth-order valence-electron chi connectivity index (χ4n) is 2.53. The van der Waals surface area contributed by atoms with Crippen LogP contribution in [0.1, 0.15) is 24.8 Å². The molecule has 2 rings (SSSR count). The van der Waals surface area contributed by atoms with E-state index in [4.69, 9.17) is 0 Å². The molecule has 1 N–H and O–H groups in total. The summed E-state index contributed by atoms with van der Waals surface area (Å²) in [6.07, 6.45) is 3.72. The van der Waals surface area contributed by atoms with E-state index < -0.39 is 6.04 Å². The molecular weight excluding hydrogens is 256 g/mol. The van der Waals surface area contributed by atoms with E-state index in [-0.39, 0.29) is 5.91 Å². The van der Waals surface area contributed by atoms with Crippen molar-refractivity contribution in [1.82, 2.24) is 9.96 Å². The Morgan fingerprint density at radius 2 is 1.90 bits per heavy atom. The zero-order chi connectivity index (χ0) is 14.4. The van der Waals surface area contributed by atoms with Gasteiger partial charge in [-0.25, -0.2) is 5.06 Å². The summed E-state index contributed by atoms with van der Waals surface area (Å²) in [5, 5.41) is 10.2. The molecule has 1 aromatic rings. The monoisotopic (exact) mass is 276 g/mol. The van der Waals surface area contributed by atoms with Crippen molar-refractivity contribution < 1.29 is 14.8 Å². The summed E-state index contributed by atoms with van der Waals surface area (Å²) in [6.45, 7) is 1.41. The fourth-order valence-corrected chi connectivity index (χ4v) is 2.53. The molecule has 0 saturated carbocycles. The van der Waals surface area contributed by atoms with Gasteiger partial charge in [0.1, 0.15) is 6.04 Å². The molecule has 5 heteroatoms. The van der Waals surface area contributed by atoms with Crippen molar-refractivity contribution in [3.63, 3.8) is 0 Å². The summed E-state index contributed by atoms with van der Waals surface area (Å²) in [5.41, 5.74) is 0.920. The topological polar surface area (TPSA) is 60.9 Å². The number of carbonyl (C=O) groups is 2. The molecule has 2 amide bonds. The Kier molecular flexibility index (Phi) is 5.12. The lowest BCUT2D eigenvalue weighted by molar-refractivity contribution is -0.172. The lowest BCUT2D eigenvalue weighted by Gasteiger charge is -2.32. The number of amides is 2. The summed E-state index contributed by atoms with van der Waals surface area (Å²) in [5.74, 6) is -0.178. The Labute approximate surface area is 118 Å². The number of piperidine rings is 1. The van der Waals surface area contributed by atoms with Gasteiger partial charge in [-0.3, -0.25) is 14.8 Å². The van der Waals surface area contributed by atoms with Crippen LogP contribution in [-0.4, -0.2) is 46.6 Å². The average Bonchev–Trinajstić information content (AvgIpc) is 2.53. The van der Waals surface area contributed by atoms with Crippen LogP contribution in [0.4, 0.5) is 0 Å². The van der Waals surface area contributed by atoms with E-state index in [1.165, 1.54) is 0 Å². The molecule has 1 saturated heterocycles. The van der Waals surface area contributed by atoms with E-state index in [1.807, 2.05) is 30.3 Å². The maximum absolute atomic E-state index is 12.5. The van der Waals surface area contributed by atoms with Crippen LogP contribution in [0.15, 0.2) is 30.3 Å². The maximum Gasteiger partial charge on any atom is 0.248 e. The summed E-state index contributed by atoms with van der Waals surface area (Å²) >= 11 is 0. The smallest absolute Gasteiger partial charge is 0.248 e. The Bertz CT molecular complexity index is 444. The van der Waals surface area contributed by atoms with Crippen molar-refractivity contribution in [3.05, 3.63) is 35.9 Å². The molecular formula is C15H20N2O3. The molecule has 1 atom stereocenters. The number of hydrogen-bond acceptors (Lipinski definition) is 3. The molecule has 1 aromatic carbocycles. The van der Waals surface area contributed by atoms with E-state index in [2.05, 4.69) is 0 Å². The van der Waals surface area contributed by atoms with Gasteiger partial charge in [-0.15, -0.1) is 0 Å². The Morgan fingerprint density at radius 3 is 2.50 bits per heavy atom. The quantitative estimate of drug-likeness (QED) is 0.503. The van der Waals surface area contributed by atoms with Crippen LogP contribution in [0, 0.1) is 0 Å². The summed E-state index contributed by atoms with van der Waals surface area (Å²) in [4.78, 5) is 25.0. The van der Waals surface area contributed by atoms with Crippen LogP contribution in [0.3, 0.4) is 0 Å². The standard InChI is InChI=1S/C15H20N2O3/c18-12-17(20)14(11-13-7-3-1-4-8-13)15(19)16-9-5-2-6-10-16/h1,3-4,7-8,12,14,20H,2,5-6,9-11H2/t14-/m0/s1. The fraction of sp³-hybridized carbons (Fsp3) is 0.467. The van der Waals surface area contributed by atoms with Crippen molar-refractivity contribution in [2.45, 2.75) is 31.7 Å². The molecule has 1 fully saturated rings. The third kappa shape index (κ3) is 3.57. The molecule has 0 bridgehead atoms. The Hall–Kier alpha value is -1.88. The number of hydroxylamine groups is 2. The first kappa shape index (κ1) is 14.5. The first-order valence-electron chi connectivity index (χ1n) is 6.97. The first-order chi connectivity index (χ1) is 9.72. The minimum absolute atomic E-state index is 0.178. The SMILES string of the molecule is O=CN(O)[C@@H](Cc1ccccc1)C(=O)N1CCCCC1. The zero-order valence-electron chi connectivity index (χ0n) is 11.4. The van der Waals surface area contributed by atoms with Gasteiger partial charge in [-0.2, -0.15) is 0 Å². The maximum atomic E-state index is 12.5. The summed E-state index contributed by atoms with van der Waals surface area (Å²) < 4.78 is 0. The van der Waals surface area contributed by atoms with Crippen LogP contribution >= 0.6 is 0 Å². The number of carbonyl (C=O) groups excluding carboxylic acids is 2. The second kappa shape index (κ2) is 7.05. The predicted octanol–water partition coefficient (Wildman–Crippen LogP) is 1.46. The molecule has 108 valence electrons. The Morgan fingerprint density at radius 1 is 1.25 bits per heavy atom. The van der Waals surface area contributed by atoms with Crippen LogP contribution < -0.4 is 0 Å². The van der Waals surface area contributed by atoms with Gasteiger partial charge in [0.05, 0.1) is 0 Å². The second-order valence-corrected chi connectivity index (χ2v) is 5.08. The minimum atomic E-state index is -0.840. The molecule has 1 aliphatic rings. The highest BCUT2D eigenvalue weighted by Crippen LogP contribution is 2.14. The molecule has 5 nitrogen and oxygen atoms in total. The van der Waals surface area contributed by atoms with E-state index in [1.54, 1.807) is 4.90 Å². The third-order valence-corrected chi connectivity index (χ3v) is 3.65. The van der Waals surface area contributed by atoms with Gasteiger partial charge in [0.15, 0.2) is 0 Å². The van der Waals surface area contributed by atoms with Crippen molar-refractivity contribution >= 4 is 12.3 Å². The molecule has 0 radical (unpaired) electrons. The highest BCUT2D eigenvalue weighted by atomic mass is 16.5. The number of likely N-dealkylation sites (tertiary alicyclic amines) is 1. The van der Waals surface area contributed by atoms with Gasteiger partial charge >= 0.3 is 0 Å². The first-order valence-corrected chi connectivity index (χ1v) is 6.97. The normalized spacial score (nSPS) is 16.6. The molecule has 1 heterocycles. The predicted molar refractivity (Wildman–Crippen MR) is 74.1 cm³/mol. The van der Waals surface area contributed by atoms with Crippen LogP contribution in [0.5, 0.6) is 0 Å². The summed E-state index contributed by atoms with van der Waals surface area (Å²) in [6, 6.07) is 8.57. The van der Waals surface area contributed by atoms with E-state index in [0.717, 1.165) is 24.8 Å². The molecule has 0 aromatic heterocycles. The molecule has 0 unspecified atom stereocenters. The molecule has 0 aliphatic carbocycles. The molecule has 0 spiro atoms. The van der Waals surface area contributed by atoms with E-state index in [0.29, 0.717) is 31.0 Å². The van der Waals surface area contributed by atoms with Crippen LogP contribution in [0.25, 0.3) is 0 Å². The number of nitrogens with zero attached hydrogens (tertiary/aromatic N) is 2. The van der Waals surface area contributed by atoms with E-state index in [9.17, 15) is 14.8 Å². The van der Waals surface area contributed by atoms with Gasteiger partial charge in [-0.1, -0.05) is 30.3 Å². The van der Waals surface area contributed by atoms with Crippen LogP contribution in [-0.2, 0) is 16.0 Å².